The molecule has 0 amide bonds. The van der Waals surface area contributed by atoms with Gasteiger partial charge in [-0.25, -0.2) is 9.97 Å². The molecule has 25 heavy (non-hydrogen) atoms. The zero-order chi connectivity index (χ0) is 16.6. The Labute approximate surface area is 144 Å². The quantitative estimate of drug-likeness (QED) is 0.567. The molecule has 4 aromatic rings. The molecule has 0 aliphatic carbocycles. The molecule has 0 saturated heterocycles. The first-order chi connectivity index (χ1) is 12.3. The molecule has 1 aromatic carbocycles. The van der Waals surface area contributed by atoms with Crippen molar-refractivity contribution in [3.8, 4) is 11.6 Å². The average Bonchev–Trinajstić information content (AvgIpc) is 3.30. The largest absolute Gasteiger partial charge is 0.461 e. The van der Waals surface area contributed by atoms with Crippen molar-refractivity contribution in [1.82, 2.24) is 14.9 Å². The van der Waals surface area contributed by atoms with E-state index in [-0.39, 0.29) is 0 Å². The van der Waals surface area contributed by atoms with E-state index in [1.165, 1.54) is 5.56 Å². The van der Waals surface area contributed by atoms with Gasteiger partial charge >= 0.3 is 0 Å². The van der Waals surface area contributed by atoms with E-state index >= 15 is 0 Å². The lowest BCUT2D eigenvalue weighted by molar-refractivity contribution is 0.225. The van der Waals surface area contributed by atoms with Crippen LogP contribution in [0, 0.1) is 0 Å². The van der Waals surface area contributed by atoms with Crippen molar-refractivity contribution in [3.05, 3.63) is 71.9 Å². The third kappa shape index (κ3) is 2.72. The first-order valence-electron chi connectivity index (χ1n) is 8.44. The molecular formula is C20H17N3O2. The molecule has 3 aromatic heterocycles. The van der Waals surface area contributed by atoms with Crippen LogP contribution in [0.1, 0.15) is 17.0 Å². The first-order valence-corrected chi connectivity index (χ1v) is 8.44. The van der Waals surface area contributed by atoms with Crippen LogP contribution in [-0.2, 0) is 19.5 Å². The van der Waals surface area contributed by atoms with Gasteiger partial charge in [0, 0.05) is 36.7 Å². The number of benzene rings is 1. The highest BCUT2D eigenvalue weighted by Gasteiger charge is 2.20. The van der Waals surface area contributed by atoms with Crippen LogP contribution in [0.3, 0.4) is 0 Å². The highest BCUT2D eigenvalue weighted by molar-refractivity contribution is 5.77. The second-order valence-electron chi connectivity index (χ2n) is 6.35. The second kappa shape index (κ2) is 5.86. The molecular weight excluding hydrogens is 314 g/mol. The Morgan fingerprint density at radius 2 is 2.08 bits per heavy atom. The zero-order valence-electron chi connectivity index (χ0n) is 13.7. The Hall–Kier alpha value is -2.92. The molecule has 1 aliphatic rings. The number of hydrogen-bond acceptors (Lipinski definition) is 5. The first kappa shape index (κ1) is 14.4. The van der Waals surface area contributed by atoms with Crippen molar-refractivity contribution in [1.29, 1.82) is 0 Å². The summed E-state index contributed by atoms with van der Waals surface area (Å²) in [5.41, 5.74) is 3.24. The molecule has 0 saturated carbocycles. The summed E-state index contributed by atoms with van der Waals surface area (Å²) in [5.74, 6) is 2.37. The van der Waals surface area contributed by atoms with Crippen molar-refractivity contribution in [2.45, 2.75) is 19.5 Å². The fraction of sp³-hybridized carbons (Fsp3) is 0.200. The normalized spacial score (nSPS) is 14.7. The van der Waals surface area contributed by atoms with Crippen LogP contribution in [0.5, 0.6) is 0 Å². The van der Waals surface area contributed by atoms with Gasteiger partial charge in [-0.3, -0.25) is 4.90 Å². The molecule has 0 atom stereocenters. The molecule has 0 spiro atoms. The predicted molar refractivity (Wildman–Crippen MR) is 93.8 cm³/mol. The minimum absolute atomic E-state index is 0.662. The molecule has 124 valence electrons. The maximum absolute atomic E-state index is 5.94. The Bertz CT molecular complexity index is 988. The topological polar surface area (TPSA) is 55.3 Å². The van der Waals surface area contributed by atoms with E-state index in [9.17, 15) is 0 Å². The number of fused-ring (bicyclic) bond motifs is 2. The monoisotopic (exact) mass is 331 g/mol. The summed E-state index contributed by atoms with van der Waals surface area (Å²) in [6, 6.07) is 14.0. The van der Waals surface area contributed by atoms with Crippen LogP contribution < -0.4 is 0 Å². The van der Waals surface area contributed by atoms with Crippen LogP contribution in [0.15, 0.2) is 63.8 Å². The van der Waals surface area contributed by atoms with E-state index in [0.717, 1.165) is 48.5 Å². The third-order valence-electron chi connectivity index (χ3n) is 4.61. The SMILES string of the molecule is c1coc(-c2ncc3c(n2)CCN(Cc2cc4ccccc4o2)C3)c1. The van der Waals surface area contributed by atoms with Crippen LogP contribution in [-0.4, -0.2) is 21.4 Å². The molecule has 5 heteroatoms. The summed E-state index contributed by atoms with van der Waals surface area (Å²) >= 11 is 0. The minimum atomic E-state index is 0.662. The average molecular weight is 331 g/mol. The number of furan rings is 2. The van der Waals surface area contributed by atoms with E-state index in [1.807, 2.05) is 36.5 Å². The molecule has 0 radical (unpaired) electrons. The maximum Gasteiger partial charge on any atom is 0.195 e. The van der Waals surface area contributed by atoms with Gasteiger partial charge in [0.2, 0.25) is 0 Å². The van der Waals surface area contributed by atoms with Crippen LogP contribution >= 0.6 is 0 Å². The lowest BCUT2D eigenvalue weighted by Gasteiger charge is -2.27. The molecule has 0 fully saturated rings. The summed E-state index contributed by atoms with van der Waals surface area (Å²) in [5, 5.41) is 1.15. The summed E-state index contributed by atoms with van der Waals surface area (Å²) in [6.45, 7) is 2.59. The van der Waals surface area contributed by atoms with E-state index in [1.54, 1.807) is 6.26 Å². The second-order valence-corrected chi connectivity index (χ2v) is 6.35. The zero-order valence-corrected chi connectivity index (χ0v) is 13.7. The van der Waals surface area contributed by atoms with Crippen molar-refractivity contribution >= 4 is 11.0 Å². The van der Waals surface area contributed by atoms with Gasteiger partial charge in [-0.15, -0.1) is 0 Å². The summed E-state index contributed by atoms with van der Waals surface area (Å²) in [6.07, 6.45) is 4.48. The van der Waals surface area contributed by atoms with Crippen molar-refractivity contribution in [2.75, 3.05) is 6.54 Å². The lowest BCUT2D eigenvalue weighted by atomic mass is 10.1. The molecule has 1 aliphatic heterocycles. The molecule has 0 N–H and O–H groups in total. The van der Waals surface area contributed by atoms with E-state index in [4.69, 9.17) is 8.83 Å². The smallest absolute Gasteiger partial charge is 0.195 e. The number of aromatic nitrogens is 2. The minimum Gasteiger partial charge on any atom is -0.461 e. The predicted octanol–water partition coefficient (Wildman–Crippen LogP) is 4.04. The molecule has 5 nitrogen and oxygen atoms in total. The van der Waals surface area contributed by atoms with Crippen molar-refractivity contribution in [2.24, 2.45) is 0 Å². The molecule has 0 bridgehead atoms. The van der Waals surface area contributed by atoms with Gasteiger partial charge in [-0.1, -0.05) is 18.2 Å². The van der Waals surface area contributed by atoms with Crippen LogP contribution in [0.2, 0.25) is 0 Å². The fourth-order valence-corrected chi connectivity index (χ4v) is 3.37. The summed E-state index contributed by atoms with van der Waals surface area (Å²) < 4.78 is 11.3. The lowest BCUT2D eigenvalue weighted by Crippen LogP contribution is -2.30. The Balaban J connectivity index is 1.35. The number of rotatable bonds is 3. The van der Waals surface area contributed by atoms with E-state index in [2.05, 4.69) is 27.0 Å². The third-order valence-corrected chi connectivity index (χ3v) is 4.61. The Kier molecular flexibility index (Phi) is 3.38. The van der Waals surface area contributed by atoms with Gasteiger partial charge < -0.3 is 8.83 Å². The van der Waals surface area contributed by atoms with Gasteiger partial charge in [0.25, 0.3) is 0 Å². The van der Waals surface area contributed by atoms with E-state index < -0.39 is 0 Å². The van der Waals surface area contributed by atoms with Gasteiger partial charge in [-0.05, 0) is 24.3 Å². The molecule has 0 unspecified atom stereocenters. The van der Waals surface area contributed by atoms with Gasteiger partial charge in [0.05, 0.1) is 18.5 Å². The van der Waals surface area contributed by atoms with Gasteiger partial charge in [-0.2, -0.15) is 0 Å². The summed E-state index contributed by atoms with van der Waals surface area (Å²) in [7, 11) is 0. The number of nitrogens with zero attached hydrogens (tertiary/aromatic N) is 3. The van der Waals surface area contributed by atoms with Crippen LogP contribution in [0.25, 0.3) is 22.6 Å². The van der Waals surface area contributed by atoms with Crippen molar-refractivity contribution < 1.29 is 8.83 Å². The fourth-order valence-electron chi connectivity index (χ4n) is 3.37. The Morgan fingerprint density at radius 3 is 2.96 bits per heavy atom. The Morgan fingerprint density at radius 1 is 1.12 bits per heavy atom. The number of para-hydroxylation sites is 1. The number of hydrogen-bond donors (Lipinski definition) is 0. The van der Waals surface area contributed by atoms with E-state index in [0.29, 0.717) is 11.6 Å². The van der Waals surface area contributed by atoms with Crippen molar-refractivity contribution in [3.63, 3.8) is 0 Å². The van der Waals surface area contributed by atoms with Crippen LogP contribution in [0.4, 0.5) is 0 Å². The molecule has 5 rings (SSSR count). The highest BCUT2D eigenvalue weighted by atomic mass is 16.3. The van der Waals surface area contributed by atoms with Gasteiger partial charge in [0.1, 0.15) is 11.3 Å². The van der Waals surface area contributed by atoms with Gasteiger partial charge in [0.15, 0.2) is 11.6 Å². The highest BCUT2D eigenvalue weighted by Crippen LogP contribution is 2.24. The standard InChI is InChI=1S/C20H17N3O2/c1-2-5-18-14(4-1)10-16(25-18)13-23-8-7-17-15(12-23)11-21-20(22-17)19-6-3-9-24-19/h1-6,9-11H,7-8,12-13H2. The molecule has 4 heterocycles. The maximum atomic E-state index is 5.94. The summed E-state index contributed by atoms with van der Waals surface area (Å²) in [4.78, 5) is 11.5.